The van der Waals surface area contributed by atoms with E-state index in [1.165, 1.54) is 11.3 Å². The van der Waals surface area contributed by atoms with Crippen molar-refractivity contribution in [3.8, 4) is 0 Å². The molecule has 3 rings (SSSR count). The summed E-state index contributed by atoms with van der Waals surface area (Å²) in [6.07, 6.45) is 7.05. The first-order valence-corrected chi connectivity index (χ1v) is 10.3. The van der Waals surface area contributed by atoms with Crippen molar-refractivity contribution < 1.29 is 24.2 Å². The number of amides is 2. The lowest BCUT2D eigenvalue weighted by atomic mass is 9.88. The number of ether oxygens (including phenoxy) is 1. The third-order valence-corrected chi connectivity index (χ3v) is 6.31. The van der Waals surface area contributed by atoms with Gasteiger partial charge in [-0.25, -0.2) is 4.79 Å². The molecule has 1 saturated carbocycles. The molecule has 0 radical (unpaired) electrons. The molecule has 2 aliphatic carbocycles. The van der Waals surface area contributed by atoms with E-state index in [2.05, 4.69) is 17.6 Å². The minimum absolute atomic E-state index is 0.115. The number of carbonyl (C=O) groups excluding carboxylic acids is 2. The van der Waals surface area contributed by atoms with Gasteiger partial charge in [-0.2, -0.15) is 0 Å². The second-order valence-corrected chi connectivity index (χ2v) is 8.55. The van der Waals surface area contributed by atoms with E-state index in [4.69, 9.17) is 9.84 Å². The third-order valence-electron chi connectivity index (χ3n) is 5.14. The molecule has 148 valence electrons. The summed E-state index contributed by atoms with van der Waals surface area (Å²) < 4.78 is 4.85. The molecule has 0 aromatic carbocycles. The fourth-order valence-corrected chi connectivity index (χ4v) is 5.22. The molecular formula is C19H26N2O5S. The number of aliphatic carboxylic acids is 1. The van der Waals surface area contributed by atoms with Gasteiger partial charge in [-0.1, -0.05) is 19.8 Å². The number of hydrogen-bond donors (Lipinski definition) is 3. The van der Waals surface area contributed by atoms with Crippen LogP contribution in [0.5, 0.6) is 0 Å². The molecule has 2 amide bonds. The van der Waals surface area contributed by atoms with Crippen molar-refractivity contribution in [3.05, 3.63) is 16.0 Å². The number of carboxylic acid groups (broad SMARTS) is 1. The molecule has 0 saturated heterocycles. The van der Waals surface area contributed by atoms with Crippen molar-refractivity contribution >= 4 is 34.1 Å². The number of carboxylic acids is 1. The smallest absolute Gasteiger partial charge is 0.329 e. The summed E-state index contributed by atoms with van der Waals surface area (Å²) in [7, 11) is 0. The molecule has 1 heterocycles. The van der Waals surface area contributed by atoms with Gasteiger partial charge in [0.25, 0.3) is 11.8 Å². The SMILES string of the molecule is CC1CCc2c(sc(NC(=O)COCC(=O)O)c2C(=O)NC2CCCC2)C1. The van der Waals surface area contributed by atoms with Crippen LogP contribution in [0.25, 0.3) is 0 Å². The maximum absolute atomic E-state index is 13.0. The molecule has 1 unspecified atom stereocenters. The van der Waals surface area contributed by atoms with Gasteiger partial charge in [0.2, 0.25) is 0 Å². The van der Waals surface area contributed by atoms with Crippen molar-refractivity contribution in [1.82, 2.24) is 5.32 Å². The van der Waals surface area contributed by atoms with E-state index in [9.17, 15) is 14.4 Å². The summed E-state index contributed by atoms with van der Waals surface area (Å²) >= 11 is 1.46. The highest BCUT2D eigenvalue weighted by Crippen LogP contribution is 2.39. The zero-order chi connectivity index (χ0) is 19.4. The number of anilines is 1. The lowest BCUT2D eigenvalue weighted by Crippen LogP contribution is -2.34. The van der Waals surface area contributed by atoms with Crippen LogP contribution in [0.2, 0.25) is 0 Å². The zero-order valence-corrected chi connectivity index (χ0v) is 16.3. The Bertz CT molecular complexity index is 724. The van der Waals surface area contributed by atoms with Crippen molar-refractivity contribution in [2.24, 2.45) is 5.92 Å². The predicted molar refractivity (Wildman–Crippen MR) is 102 cm³/mol. The molecule has 2 aliphatic rings. The van der Waals surface area contributed by atoms with Crippen LogP contribution in [0, 0.1) is 5.92 Å². The Balaban J connectivity index is 1.76. The summed E-state index contributed by atoms with van der Waals surface area (Å²) in [5.41, 5.74) is 1.63. The van der Waals surface area contributed by atoms with E-state index in [-0.39, 0.29) is 18.6 Å². The van der Waals surface area contributed by atoms with Crippen LogP contribution in [0.1, 0.15) is 59.8 Å². The molecule has 0 aliphatic heterocycles. The van der Waals surface area contributed by atoms with Gasteiger partial charge >= 0.3 is 5.97 Å². The Morgan fingerprint density at radius 3 is 2.63 bits per heavy atom. The summed E-state index contributed by atoms with van der Waals surface area (Å²) in [6, 6.07) is 0.206. The summed E-state index contributed by atoms with van der Waals surface area (Å²) in [5.74, 6) is -1.13. The quantitative estimate of drug-likeness (QED) is 0.659. The maximum Gasteiger partial charge on any atom is 0.329 e. The monoisotopic (exact) mass is 394 g/mol. The highest BCUT2D eigenvalue weighted by atomic mass is 32.1. The molecule has 27 heavy (non-hydrogen) atoms. The molecule has 0 bridgehead atoms. The molecular weight excluding hydrogens is 368 g/mol. The van der Waals surface area contributed by atoms with Crippen LogP contribution in [0.4, 0.5) is 5.00 Å². The largest absolute Gasteiger partial charge is 0.480 e. The Morgan fingerprint density at radius 2 is 1.93 bits per heavy atom. The van der Waals surface area contributed by atoms with Crippen LogP contribution in [0.15, 0.2) is 0 Å². The average Bonchev–Trinajstić information content (AvgIpc) is 3.21. The highest BCUT2D eigenvalue weighted by Gasteiger charge is 2.29. The van der Waals surface area contributed by atoms with Gasteiger partial charge in [0, 0.05) is 10.9 Å². The van der Waals surface area contributed by atoms with Crippen molar-refractivity contribution in [1.29, 1.82) is 0 Å². The second-order valence-electron chi connectivity index (χ2n) is 7.45. The van der Waals surface area contributed by atoms with Crippen LogP contribution in [0.3, 0.4) is 0 Å². The minimum atomic E-state index is -1.12. The van der Waals surface area contributed by atoms with E-state index in [1.807, 2.05) is 0 Å². The summed E-state index contributed by atoms with van der Waals surface area (Å²) in [4.78, 5) is 36.8. The Morgan fingerprint density at radius 1 is 1.19 bits per heavy atom. The predicted octanol–water partition coefficient (Wildman–Crippen LogP) is 2.59. The van der Waals surface area contributed by atoms with Crippen molar-refractivity contribution in [2.75, 3.05) is 18.5 Å². The number of nitrogens with one attached hydrogen (secondary N) is 2. The van der Waals surface area contributed by atoms with Crippen LogP contribution < -0.4 is 10.6 Å². The first-order chi connectivity index (χ1) is 12.9. The van der Waals surface area contributed by atoms with Crippen molar-refractivity contribution in [3.63, 3.8) is 0 Å². The number of fused-ring (bicyclic) bond motifs is 1. The highest BCUT2D eigenvalue weighted by molar-refractivity contribution is 7.17. The minimum Gasteiger partial charge on any atom is -0.480 e. The molecule has 0 spiro atoms. The fourth-order valence-electron chi connectivity index (χ4n) is 3.80. The maximum atomic E-state index is 13.0. The zero-order valence-electron chi connectivity index (χ0n) is 15.5. The first-order valence-electron chi connectivity index (χ1n) is 9.48. The van der Waals surface area contributed by atoms with Gasteiger partial charge < -0.3 is 20.5 Å². The van der Waals surface area contributed by atoms with Gasteiger partial charge in [-0.3, -0.25) is 9.59 Å². The molecule has 7 nitrogen and oxygen atoms in total. The molecule has 1 atom stereocenters. The number of carbonyl (C=O) groups is 3. The Labute approximate surface area is 162 Å². The summed E-state index contributed by atoms with van der Waals surface area (Å²) in [6.45, 7) is 1.31. The van der Waals surface area contributed by atoms with E-state index in [0.717, 1.165) is 55.4 Å². The molecule has 1 aromatic rings. The molecule has 1 fully saturated rings. The molecule has 8 heteroatoms. The van der Waals surface area contributed by atoms with Crippen molar-refractivity contribution in [2.45, 2.75) is 57.9 Å². The van der Waals surface area contributed by atoms with Crippen LogP contribution >= 0.6 is 11.3 Å². The fraction of sp³-hybridized carbons (Fsp3) is 0.632. The van der Waals surface area contributed by atoms with Gasteiger partial charge in [0.15, 0.2) is 0 Å². The summed E-state index contributed by atoms with van der Waals surface area (Å²) in [5, 5.41) is 15.0. The lowest BCUT2D eigenvalue weighted by molar-refractivity contribution is -0.143. The normalized spacial score (nSPS) is 19.5. The van der Waals surface area contributed by atoms with E-state index in [0.29, 0.717) is 16.5 Å². The van der Waals surface area contributed by atoms with Crippen LogP contribution in [-0.2, 0) is 27.2 Å². The number of thiophene rings is 1. The Hall–Kier alpha value is -1.93. The van der Waals surface area contributed by atoms with Gasteiger partial charge in [0.05, 0.1) is 5.56 Å². The average molecular weight is 394 g/mol. The number of hydrogen-bond acceptors (Lipinski definition) is 5. The van der Waals surface area contributed by atoms with E-state index < -0.39 is 18.5 Å². The van der Waals surface area contributed by atoms with Gasteiger partial charge in [-0.15, -0.1) is 11.3 Å². The molecule has 3 N–H and O–H groups in total. The first kappa shape index (κ1) is 19.8. The van der Waals surface area contributed by atoms with Gasteiger partial charge in [0.1, 0.15) is 18.2 Å². The lowest BCUT2D eigenvalue weighted by Gasteiger charge is -2.19. The van der Waals surface area contributed by atoms with Crippen LogP contribution in [-0.4, -0.2) is 42.1 Å². The standard InChI is InChI=1S/C19H26N2O5S/c1-11-6-7-13-14(8-11)27-19(21-15(22)9-26-10-16(23)24)17(13)18(25)20-12-4-2-3-5-12/h11-12H,2-10H2,1H3,(H,20,25)(H,21,22)(H,23,24). The van der Waals surface area contributed by atoms with E-state index in [1.54, 1.807) is 0 Å². The third kappa shape index (κ3) is 5.07. The van der Waals surface area contributed by atoms with E-state index >= 15 is 0 Å². The molecule has 1 aromatic heterocycles. The Kier molecular flexibility index (Phi) is 6.49. The van der Waals surface area contributed by atoms with Gasteiger partial charge in [-0.05, 0) is 43.6 Å². The second kappa shape index (κ2) is 8.84. The number of rotatable bonds is 7. The topological polar surface area (TPSA) is 105 Å².